The fraction of sp³-hybridized carbons (Fsp3) is 0.667. The molecule has 2 heterocycles. The summed E-state index contributed by atoms with van der Waals surface area (Å²) in [7, 11) is 0. The van der Waals surface area contributed by atoms with Gasteiger partial charge in [0.25, 0.3) is 0 Å². The van der Waals surface area contributed by atoms with Gasteiger partial charge in [-0.1, -0.05) is 0 Å². The van der Waals surface area contributed by atoms with E-state index in [4.69, 9.17) is 0 Å². The normalized spacial score (nSPS) is 30.5. The van der Waals surface area contributed by atoms with Crippen molar-refractivity contribution < 1.29 is 5.11 Å². The van der Waals surface area contributed by atoms with Gasteiger partial charge in [-0.05, 0) is 50.3 Å². The van der Waals surface area contributed by atoms with Gasteiger partial charge in [0.1, 0.15) is 0 Å². The van der Waals surface area contributed by atoms with Crippen molar-refractivity contribution in [3.63, 3.8) is 0 Å². The third-order valence-electron chi connectivity index (χ3n) is 3.51. The molecule has 2 N–H and O–H groups in total. The Balaban J connectivity index is 1.88. The fourth-order valence-electron chi connectivity index (χ4n) is 2.65. The second-order valence-corrected chi connectivity index (χ2v) is 5.76. The second kappa shape index (κ2) is 3.89. The average Bonchev–Trinajstić information content (AvgIpc) is 2.82. The van der Waals surface area contributed by atoms with Crippen LogP contribution in [0, 0.1) is 0 Å². The van der Waals surface area contributed by atoms with E-state index in [0.29, 0.717) is 0 Å². The van der Waals surface area contributed by atoms with Gasteiger partial charge in [0, 0.05) is 9.75 Å². The van der Waals surface area contributed by atoms with Crippen LogP contribution in [-0.2, 0) is 12.8 Å². The van der Waals surface area contributed by atoms with E-state index in [1.807, 2.05) is 11.3 Å². The molecule has 0 amide bonds. The van der Waals surface area contributed by atoms with Crippen LogP contribution in [-0.4, -0.2) is 17.8 Å². The first-order valence-corrected chi connectivity index (χ1v) is 6.69. The van der Waals surface area contributed by atoms with Gasteiger partial charge in [-0.15, -0.1) is 11.3 Å². The lowest BCUT2D eigenvalue weighted by Crippen LogP contribution is -2.19. The average molecular weight is 223 g/mol. The number of hydrogen-bond acceptors (Lipinski definition) is 3. The summed E-state index contributed by atoms with van der Waals surface area (Å²) >= 11 is 1.91. The number of aryl methyl sites for hydroxylation is 2. The molecule has 3 heteroatoms. The lowest BCUT2D eigenvalue weighted by molar-refractivity contribution is 0.161. The van der Waals surface area contributed by atoms with Crippen LogP contribution in [0.25, 0.3) is 0 Å². The van der Waals surface area contributed by atoms with Gasteiger partial charge in [-0.2, -0.15) is 0 Å². The zero-order valence-corrected chi connectivity index (χ0v) is 9.65. The van der Waals surface area contributed by atoms with Gasteiger partial charge < -0.3 is 10.4 Å². The third-order valence-corrected chi connectivity index (χ3v) is 4.83. The maximum absolute atomic E-state index is 9.85. The highest BCUT2D eigenvalue weighted by Crippen LogP contribution is 2.35. The van der Waals surface area contributed by atoms with Crippen LogP contribution >= 0.6 is 11.3 Å². The first kappa shape index (κ1) is 9.82. The highest BCUT2D eigenvalue weighted by molar-refractivity contribution is 7.12. The minimum absolute atomic E-state index is 0.176. The molecule has 82 valence electrons. The summed E-state index contributed by atoms with van der Waals surface area (Å²) in [5, 5.41) is 13.2. The van der Waals surface area contributed by atoms with Crippen LogP contribution in [0.2, 0.25) is 0 Å². The van der Waals surface area contributed by atoms with E-state index in [0.717, 1.165) is 13.0 Å². The monoisotopic (exact) mass is 223 g/mol. The molecule has 1 saturated heterocycles. The van der Waals surface area contributed by atoms with Crippen LogP contribution in [0.1, 0.15) is 40.6 Å². The molecule has 2 unspecified atom stereocenters. The van der Waals surface area contributed by atoms with E-state index in [1.54, 1.807) is 10.4 Å². The smallest absolute Gasteiger partial charge is 0.0755 e. The van der Waals surface area contributed by atoms with E-state index in [-0.39, 0.29) is 12.1 Å². The molecule has 0 aromatic carbocycles. The first-order chi connectivity index (χ1) is 7.34. The van der Waals surface area contributed by atoms with Crippen LogP contribution in [0.15, 0.2) is 6.07 Å². The van der Waals surface area contributed by atoms with Crippen molar-refractivity contribution >= 4 is 11.3 Å². The van der Waals surface area contributed by atoms with Gasteiger partial charge in [0.15, 0.2) is 0 Å². The molecule has 0 saturated carbocycles. The first-order valence-electron chi connectivity index (χ1n) is 5.87. The van der Waals surface area contributed by atoms with Crippen LogP contribution in [0.5, 0.6) is 0 Å². The van der Waals surface area contributed by atoms with Crippen molar-refractivity contribution in [3.05, 3.63) is 21.4 Å². The molecule has 0 bridgehead atoms. The molecule has 0 spiro atoms. The molecule has 2 nitrogen and oxygen atoms in total. The van der Waals surface area contributed by atoms with E-state index in [9.17, 15) is 5.11 Å². The Labute approximate surface area is 94.3 Å². The number of fused-ring (bicyclic) bond motifs is 1. The summed E-state index contributed by atoms with van der Waals surface area (Å²) in [6.45, 7) is 0.953. The SMILES string of the molecule is OC1CCNC1c1cc2c(s1)CCCC2. The minimum atomic E-state index is -0.176. The number of nitrogens with one attached hydrogen (secondary N) is 1. The molecular weight excluding hydrogens is 206 g/mol. The second-order valence-electron chi connectivity index (χ2n) is 4.59. The number of rotatable bonds is 1. The number of thiophene rings is 1. The molecule has 1 aliphatic heterocycles. The minimum Gasteiger partial charge on any atom is -0.391 e. The quantitative estimate of drug-likeness (QED) is 0.763. The van der Waals surface area contributed by atoms with E-state index in [2.05, 4.69) is 11.4 Å². The highest BCUT2D eigenvalue weighted by Gasteiger charge is 2.28. The van der Waals surface area contributed by atoms with Crippen LogP contribution < -0.4 is 5.32 Å². The van der Waals surface area contributed by atoms with E-state index < -0.39 is 0 Å². The summed E-state index contributed by atoms with van der Waals surface area (Å²) in [6, 6.07) is 2.53. The summed E-state index contributed by atoms with van der Waals surface area (Å²) in [5.41, 5.74) is 1.54. The van der Waals surface area contributed by atoms with Crippen molar-refractivity contribution in [2.24, 2.45) is 0 Å². The van der Waals surface area contributed by atoms with E-state index >= 15 is 0 Å². The Morgan fingerprint density at radius 3 is 2.93 bits per heavy atom. The fourth-order valence-corrected chi connectivity index (χ4v) is 4.04. The van der Waals surface area contributed by atoms with Gasteiger partial charge in [-0.25, -0.2) is 0 Å². The summed E-state index contributed by atoms with van der Waals surface area (Å²) in [4.78, 5) is 2.92. The maximum atomic E-state index is 9.85. The van der Waals surface area contributed by atoms with Crippen molar-refractivity contribution in [2.45, 2.75) is 44.2 Å². The molecule has 1 aliphatic carbocycles. The maximum Gasteiger partial charge on any atom is 0.0755 e. The van der Waals surface area contributed by atoms with Gasteiger partial charge in [0.2, 0.25) is 0 Å². The van der Waals surface area contributed by atoms with Gasteiger partial charge in [-0.3, -0.25) is 0 Å². The Hall–Kier alpha value is -0.380. The number of aliphatic hydroxyl groups excluding tert-OH is 1. The molecule has 2 atom stereocenters. The molecule has 3 rings (SSSR count). The van der Waals surface area contributed by atoms with Crippen molar-refractivity contribution in [3.8, 4) is 0 Å². The van der Waals surface area contributed by atoms with Crippen LogP contribution in [0.4, 0.5) is 0 Å². The molecule has 1 aromatic rings. The third kappa shape index (κ3) is 1.73. The Bertz CT molecular complexity index is 337. The highest BCUT2D eigenvalue weighted by atomic mass is 32.1. The Kier molecular flexibility index (Phi) is 2.54. The number of hydrogen-bond donors (Lipinski definition) is 2. The van der Waals surface area contributed by atoms with Crippen molar-refractivity contribution in [1.82, 2.24) is 5.32 Å². The van der Waals surface area contributed by atoms with E-state index in [1.165, 1.54) is 30.6 Å². The summed E-state index contributed by atoms with van der Waals surface area (Å²) in [6.07, 6.45) is 5.90. The Morgan fingerprint density at radius 1 is 1.33 bits per heavy atom. The van der Waals surface area contributed by atoms with Crippen molar-refractivity contribution in [2.75, 3.05) is 6.54 Å². The summed E-state index contributed by atoms with van der Waals surface area (Å²) in [5.74, 6) is 0. The zero-order chi connectivity index (χ0) is 10.3. The largest absolute Gasteiger partial charge is 0.391 e. The van der Waals surface area contributed by atoms with Crippen LogP contribution in [0.3, 0.4) is 0 Å². The van der Waals surface area contributed by atoms with Gasteiger partial charge in [0.05, 0.1) is 12.1 Å². The van der Waals surface area contributed by atoms with Gasteiger partial charge >= 0.3 is 0 Å². The Morgan fingerprint density at radius 2 is 2.20 bits per heavy atom. The molecular formula is C12H17NOS. The lowest BCUT2D eigenvalue weighted by Gasteiger charge is -2.11. The molecule has 1 aromatic heterocycles. The predicted molar refractivity (Wildman–Crippen MR) is 62.3 cm³/mol. The standard InChI is InChI=1S/C12H17NOS/c14-9-5-6-13-12(9)11-7-8-3-1-2-4-10(8)15-11/h7,9,12-14H,1-6H2. The molecule has 2 aliphatic rings. The summed E-state index contributed by atoms with van der Waals surface area (Å²) < 4.78 is 0. The molecule has 15 heavy (non-hydrogen) atoms. The molecule has 0 radical (unpaired) electrons. The lowest BCUT2D eigenvalue weighted by atomic mass is 9.98. The molecule has 1 fully saturated rings. The zero-order valence-electron chi connectivity index (χ0n) is 8.83. The number of aliphatic hydroxyl groups is 1. The van der Waals surface area contributed by atoms with Crippen molar-refractivity contribution in [1.29, 1.82) is 0 Å². The topological polar surface area (TPSA) is 32.3 Å². The predicted octanol–water partition coefficient (Wildman–Crippen LogP) is 2.02.